The minimum atomic E-state index is -1.66. The Bertz CT molecular complexity index is 657. The fourth-order valence-electron chi connectivity index (χ4n) is 4.93. The molecule has 24 heavy (non-hydrogen) atoms. The van der Waals surface area contributed by atoms with Crippen LogP contribution in [0.3, 0.4) is 0 Å². The smallest absolute Gasteiger partial charge is 0.235 e. The lowest BCUT2D eigenvalue weighted by Gasteiger charge is -2.42. The number of alkyl halides is 4. The van der Waals surface area contributed by atoms with E-state index in [0.717, 1.165) is 4.90 Å². The number of imide groups is 1. The van der Waals surface area contributed by atoms with Crippen LogP contribution in [-0.2, 0) is 9.59 Å². The van der Waals surface area contributed by atoms with Gasteiger partial charge in [-0.15, -0.1) is 23.2 Å². The number of aliphatic hydroxyl groups is 1. The van der Waals surface area contributed by atoms with Gasteiger partial charge in [0.15, 0.2) is 4.33 Å². The topological polar surface area (TPSA) is 57.6 Å². The average Bonchev–Trinajstić information content (AvgIpc) is 2.90. The van der Waals surface area contributed by atoms with Gasteiger partial charge in [-0.1, -0.05) is 46.4 Å². The maximum absolute atomic E-state index is 12.4. The molecule has 132 valence electrons. The molecule has 4 rings (SSSR count). The molecule has 3 fully saturated rings. The molecular formula is C14H11Cl6NO3. The van der Waals surface area contributed by atoms with E-state index in [9.17, 15) is 14.7 Å². The molecule has 0 spiro atoms. The number of rotatable bonds is 1. The molecule has 2 bridgehead atoms. The van der Waals surface area contributed by atoms with Gasteiger partial charge in [-0.25, -0.2) is 0 Å². The largest absolute Gasteiger partial charge is 0.376 e. The van der Waals surface area contributed by atoms with Gasteiger partial charge >= 0.3 is 0 Å². The predicted octanol–water partition coefficient (Wildman–Crippen LogP) is 3.41. The van der Waals surface area contributed by atoms with Crippen molar-refractivity contribution in [1.29, 1.82) is 0 Å². The van der Waals surface area contributed by atoms with E-state index >= 15 is 0 Å². The van der Waals surface area contributed by atoms with E-state index in [-0.39, 0.29) is 22.9 Å². The zero-order valence-electron chi connectivity index (χ0n) is 11.9. The second-order valence-corrected chi connectivity index (χ2v) is 10.0. The summed E-state index contributed by atoms with van der Waals surface area (Å²) < 4.78 is -1.66. The lowest BCUT2D eigenvalue weighted by molar-refractivity contribution is -0.144. The second-order valence-electron chi connectivity index (χ2n) is 6.77. The summed E-state index contributed by atoms with van der Waals surface area (Å²) in [6.45, 7) is -0.646. The Labute approximate surface area is 167 Å². The molecule has 2 amide bonds. The average molecular weight is 454 g/mol. The van der Waals surface area contributed by atoms with Gasteiger partial charge in [0.1, 0.15) is 16.5 Å². The third-order valence-corrected chi connectivity index (χ3v) is 10.4. The highest BCUT2D eigenvalue weighted by molar-refractivity contribution is 6.65. The molecule has 10 heteroatoms. The summed E-state index contributed by atoms with van der Waals surface area (Å²) in [5.74, 6) is -2.82. The van der Waals surface area contributed by atoms with Gasteiger partial charge in [0.05, 0.1) is 21.9 Å². The van der Waals surface area contributed by atoms with Crippen molar-refractivity contribution in [2.24, 2.45) is 23.7 Å². The predicted molar refractivity (Wildman–Crippen MR) is 92.5 cm³/mol. The molecule has 4 nitrogen and oxygen atoms in total. The Hall–Kier alpha value is 0.580. The number of aliphatic hydroxyl groups excluding tert-OH is 1. The first-order valence-corrected chi connectivity index (χ1v) is 9.59. The van der Waals surface area contributed by atoms with Gasteiger partial charge in [-0.05, 0) is 24.7 Å². The van der Waals surface area contributed by atoms with Gasteiger partial charge in [0, 0.05) is 0 Å². The van der Waals surface area contributed by atoms with E-state index in [1.165, 1.54) is 0 Å². The molecule has 0 aromatic carbocycles. The van der Waals surface area contributed by atoms with Crippen molar-refractivity contribution in [3.05, 3.63) is 10.1 Å². The number of nitrogens with zero attached hydrogens (tertiary/aromatic N) is 1. The molecule has 1 saturated heterocycles. The lowest BCUT2D eigenvalue weighted by atomic mass is 9.65. The van der Waals surface area contributed by atoms with Crippen LogP contribution < -0.4 is 0 Å². The highest BCUT2D eigenvalue weighted by Gasteiger charge is 2.83. The van der Waals surface area contributed by atoms with Crippen LogP contribution in [0, 0.1) is 23.7 Å². The van der Waals surface area contributed by atoms with Crippen molar-refractivity contribution in [2.45, 2.75) is 26.9 Å². The number of likely N-dealkylation sites (tertiary alicyclic amines) is 1. The number of halogens is 6. The zero-order chi connectivity index (χ0) is 17.8. The van der Waals surface area contributed by atoms with Crippen LogP contribution in [0.25, 0.3) is 0 Å². The maximum Gasteiger partial charge on any atom is 0.235 e. The Kier molecular flexibility index (Phi) is 3.81. The van der Waals surface area contributed by atoms with Crippen molar-refractivity contribution >= 4 is 81.4 Å². The Morgan fingerprint density at radius 1 is 0.917 bits per heavy atom. The Morgan fingerprint density at radius 2 is 1.29 bits per heavy atom. The van der Waals surface area contributed by atoms with E-state index < -0.39 is 56.3 Å². The first-order valence-electron chi connectivity index (χ1n) is 7.33. The van der Waals surface area contributed by atoms with E-state index in [0.29, 0.717) is 0 Å². The minimum absolute atomic E-state index is 0.0984. The summed E-state index contributed by atoms with van der Waals surface area (Å²) in [7, 11) is 0. The number of amides is 2. The third-order valence-electron chi connectivity index (χ3n) is 6.06. The Morgan fingerprint density at radius 3 is 1.62 bits per heavy atom. The van der Waals surface area contributed by atoms with E-state index in [4.69, 9.17) is 69.6 Å². The molecule has 2 saturated carbocycles. The van der Waals surface area contributed by atoms with Crippen molar-refractivity contribution in [2.75, 3.05) is 6.73 Å². The van der Waals surface area contributed by atoms with Gasteiger partial charge in [-0.2, -0.15) is 0 Å². The minimum Gasteiger partial charge on any atom is -0.376 e. The summed E-state index contributed by atoms with van der Waals surface area (Å²) >= 11 is 39.2. The van der Waals surface area contributed by atoms with Gasteiger partial charge in [0.25, 0.3) is 0 Å². The summed E-state index contributed by atoms with van der Waals surface area (Å²) in [6.07, 6.45) is 0.520. The van der Waals surface area contributed by atoms with Crippen LogP contribution >= 0.6 is 69.6 Å². The molecule has 6 atom stereocenters. The van der Waals surface area contributed by atoms with Crippen LogP contribution in [0.4, 0.5) is 0 Å². The highest BCUT2D eigenvalue weighted by Crippen LogP contribution is 2.79. The lowest BCUT2D eigenvalue weighted by Crippen LogP contribution is -2.44. The van der Waals surface area contributed by atoms with Crippen molar-refractivity contribution in [1.82, 2.24) is 4.90 Å². The third kappa shape index (κ3) is 1.62. The highest BCUT2D eigenvalue weighted by atomic mass is 35.5. The molecule has 1 N–H and O–H groups in total. The quantitative estimate of drug-likeness (QED) is 0.489. The normalized spacial score (nSPS) is 49.0. The van der Waals surface area contributed by atoms with Crippen LogP contribution in [0.2, 0.25) is 0 Å². The van der Waals surface area contributed by atoms with Gasteiger partial charge < -0.3 is 5.11 Å². The maximum atomic E-state index is 12.4. The molecular weight excluding hydrogens is 443 g/mol. The van der Waals surface area contributed by atoms with Crippen molar-refractivity contribution < 1.29 is 14.7 Å². The molecule has 0 radical (unpaired) electrons. The summed E-state index contributed by atoms with van der Waals surface area (Å²) in [4.78, 5) is 22.8. The number of carbonyl (C=O) groups excluding carboxylic acids is 2. The zero-order valence-corrected chi connectivity index (χ0v) is 16.4. The fraction of sp³-hybridized carbons (Fsp3) is 0.714. The molecule has 1 heterocycles. The fourth-order valence-corrected chi connectivity index (χ4v) is 8.04. The van der Waals surface area contributed by atoms with E-state index in [2.05, 4.69) is 0 Å². The standard InChI is InChI=1S/C14H11Cl6NO3/c15-8-9(16)13(18)7-2-5-4(10(23)21(3-22)11(5)24)1-6(7)12(8,17)14(13,19)20/h4-7,22H,1-3H2. The number of hydrogen-bond donors (Lipinski definition) is 1. The van der Waals surface area contributed by atoms with Crippen molar-refractivity contribution in [3.63, 3.8) is 0 Å². The second kappa shape index (κ2) is 5.09. The SMILES string of the molecule is O=C1C2CC3C(CC2C(=O)N1CO)C1(Cl)C(Cl)=C(Cl)C3(Cl)C1(Cl)Cl. The van der Waals surface area contributed by atoms with E-state index in [1.54, 1.807) is 0 Å². The summed E-state index contributed by atoms with van der Waals surface area (Å²) in [5.41, 5.74) is 0. The molecule has 0 aromatic heterocycles. The Balaban J connectivity index is 1.82. The number of fused-ring (bicyclic) bond motifs is 6. The van der Waals surface area contributed by atoms with Gasteiger partial charge in [0.2, 0.25) is 11.8 Å². The van der Waals surface area contributed by atoms with Crippen LogP contribution in [0.5, 0.6) is 0 Å². The molecule has 3 aliphatic carbocycles. The first kappa shape index (κ1) is 18.0. The molecule has 1 aliphatic heterocycles. The molecule has 6 unspecified atom stereocenters. The molecule has 0 aromatic rings. The monoisotopic (exact) mass is 451 g/mol. The van der Waals surface area contributed by atoms with Crippen molar-refractivity contribution in [3.8, 4) is 0 Å². The summed E-state index contributed by atoms with van der Waals surface area (Å²) in [6, 6.07) is 0. The summed E-state index contributed by atoms with van der Waals surface area (Å²) in [5, 5.41) is 9.48. The number of hydrogen-bond acceptors (Lipinski definition) is 3. The number of allylic oxidation sites excluding steroid dienone is 2. The van der Waals surface area contributed by atoms with E-state index in [1.807, 2.05) is 0 Å². The first-order chi connectivity index (χ1) is 11.0. The van der Waals surface area contributed by atoms with Crippen LogP contribution in [0.15, 0.2) is 10.1 Å². The van der Waals surface area contributed by atoms with Crippen LogP contribution in [-0.4, -0.2) is 42.6 Å². The van der Waals surface area contributed by atoms with Crippen LogP contribution in [0.1, 0.15) is 12.8 Å². The molecule has 4 aliphatic rings. The number of carbonyl (C=O) groups is 2. The van der Waals surface area contributed by atoms with Gasteiger partial charge in [-0.3, -0.25) is 14.5 Å².